The van der Waals surface area contributed by atoms with E-state index in [-0.39, 0.29) is 10.7 Å². The fraction of sp³-hybridized carbons (Fsp3) is 0.538. The van der Waals surface area contributed by atoms with Gasteiger partial charge in [-0.05, 0) is 30.9 Å². The van der Waals surface area contributed by atoms with Gasteiger partial charge in [-0.3, -0.25) is 0 Å². The highest BCUT2D eigenvalue weighted by molar-refractivity contribution is 7.89. The Hall–Kier alpha value is -0.850. The van der Waals surface area contributed by atoms with Crippen LogP contribution in [-0.4, -0.2) is 25.8 Å². The summed E-state index contributed by atoms with van der Waals surface area (Å²) in [5, 5.41) is -0.275. The van der Waals surface area contributed by atoms with Crippen LogP contribution in [0.15, 0.2) is 17.0 Å². The van der Waals surface area contributed by atoms with Crippen molar-refractivity contribution in [2.75, 3.05) is 18.8 Å². The van der Waals surface area contributed by atoms with Crippen molar-refractivity contribution in [1.29, 1.82) is 0 Å². The highest BCUT2D eigenvalue weighted by atomic mass is 35.5. The fourth-order valence-corrected chi connectivity index (χ4v) is 4.20. The van der Waals surface area contributed by atoms with Gasteiger partial charge < -0.3 is 5.73 Å². The molecule has 0 aliphatic heterocycles. The number of nitrogens with two attached hydrogens (primary N) is 1. The van der Waals surface area contributed by atoms with Crippen LogP contribution in [0.1, 0.15) is 26.2 Å². The first kappa shape index (κ1) is 15.5. The molecule has 0 spiro atoms. The van der Waals surface area contributed by atoms with E-state index in [1.165, 1.54) is 10.4 Å². The number of benzene rings is 1. The lowest BCUT2D eigenvalue weighted by Gasteiger charge is -2.31. The zero-order valence-electron chi connectivity index (χ0n) is 11.3. The second kappa shape index (κ2) is 5.87. The zero-order valence-corrected chi connectivity index (χ0v) is 12.8. The summed E-state index contributed by atoms with van der Waals surface area (Å²) in [6.45, 7) is 2.46. The molecule has 2 N–H and O–H groups in total. The van der Waals surface area contributed by atoms with Crippen LogP contribution in [0.4, 0.5) is 10.1 Å². The molecule has 4 nitrogen and oxygen atoms in total. The molecule has 112 valence electrons. The standard InChI is InChI=1S/C13H18ClFN2O2S/c1-2-17(8-9-4-3-5-9)20(18,19)12-7-10(16)6-11(14)13(12)15/h6-7,9H,2-5,8,16H2,1H3. The summed E-state index contributed by atoms with van der Waals surface area (Å²) >= 11 is 5.68. The number of sulfonamides is 1. The number of anilines is 1. The largest absolute Gasteiger partial charge is 0.399 e. The third kappa shape index (κ3) is 2.92. The molecule has 0 bridgehead atoms. The molecule has 1 aliphatic carbocycles. The first-order chi connectivity index (χ1) is 9.36. The number of halogens is 2. The van der Waals surface area contributed by atoms with Gasteiger partial charge in [-0.2, -0.15) is 4.31 Å². The Morgan fingerprint density at radius 1 is 1.45 bits per heavy atom. The predicted molar refractivity (Wildman–Crippen MR) is 77.6 cm³/mol. The minimum atomic E-state index is -3.90. The molecule has 0 aromatic heterocycles. The van der Waals surface area contributed by atoms with Crippen molar-refractivity contribution in [3.63, 3.8) is 0 Å². The van der Waals surface area contributed by atoms with Crippen molar-refractivity contribution in [2.24, 2.45) is 5.92 Å². The van der Waals surface area contributed by atoms with Gasteiger partial charge in [-0.15, -0.1) is 0 Å². The van der Waals surface area contributed by atoms with Crippen molar-refractivity contribution in [2.45, 2.75) is 31.1 Å². The molecule has 1 fully saturated rings. The Morgan fingerprint density at radius 2 is 2.10 bits per heavy atom. The van der Waals surface area contributed by atoms with Crippen LogP contribution in [0, 0.1) is 11.7 Å². The van der Waals surface area contributed by atoms with E-state index in [4.69, 9.17) is 17.3 Å². The lowest BCUT2D eigenvalue weighted by Crippen LogP contribution is -2.37. The predicted octanol–water partition coefficient (Wildman–Crippen LogP) is 2.87. The molecule has 20 heavy (non-hydrogen) atoms. The van der Waals surface area contributed by atoms with Crippen LogP contribution in [0.3, 0.4) is 0 Å². The highest BCUT2D eigenvalue weighted by Gasteiger charge is 2.31. The average molecular weight is 321 g/mol. The molecule has 2 rings (SSSR count). The molecule has 7 heteroatoms. The van der Waals surface area contributed by atoms with Crippen LogP contribution >= 0.6 is 11.6 Å². The second-order valence-electron chi connectivity index (χ2n) is 5.07. The van der Waals surface area contributed by atoms with Gasteiger partial charge in [0.15, 0.2) is 5.82 Å². The van der Waals surface area contributed by atoms with Crippen molar-refractivity contribution < 1.29 is 12.8 Å². The van der Waals surface area contributed by atoms with Crippen LogP contribution in [0.2, 0.25) is 5.02 Å². The Labute approximate surface area is 123 Å². The topological polar surface area (TPSA) is 63.4 Å². The summed E-state index contributed by atoms with van der Waals surface area (Å²) < 4.78 is 40.4. The monoisotopic (exact) mass is 320 g/mol. The lowest BCUT2D eigenvalue weighted by atomic mass is 9.85. The number of nitrogen functional groups attached to an aromatic ring is 1. The minimum Gasteiger partial charge on any atom is -0.399 e. The first-order valence-electron chi connectivity index (χ1n) is 6.61. The molecule has 1 aliphatic rings. The van der Waals surface area contributed by atoms with E-state index in [0.29, 0.717) is 19.0 Å². The summed E-state index contributed by atoms with van der Waals surface area (Å²) in [5.41, 5.74) is 5.71. The van der Waals surface area contributed by atoms with Crippen molar-refractivity contribution in [1.82, 2.24) is 4.31 Å². The van der Waals surface area contributed by atoms with Crippen molar-refractivity contribution in [3.8, 4) is 0 Å². The minimum absolute atomic E-state index is 0.134. The van der Waals surface area contributed by atoms with Gasteiger partial charge in [0.1, 0.15) is 4.90 Å². The Morgan fingerprint density at radius 3 is 2.60 bits per heavy atom. The summed E-state index contributed by atoms with van der Waals surface area (Å²) in [6.07, 6.45) is 3.17. The van der Waals surface area contributed by atoms with Gasteiger partial charge in [0.2, 0.25) is 10.0 Å². The highest BCUT2D eigenvalue weighted by Crippen LogP contribution is 2.31. The van der Waals surface area contributed by atoms with Gasteiger partial charge >= 0.3 is 0 Å². The summed E-state index contributed by atoms with van der Waals surface area (Å²) in [5.74, 6) is -0.572. The molecule has 0 unspecified atom stereocenters. The van der Waals surface area contributed by atoms with Crippen molar-refractivity contribution >= 4 is 27.3 Å². The molecule has 0 saturated heterocycles. The molecule has 0 atom stereocenters. The van der Waals surface area contributed by atoms with E-state index in [1.54, 1.807) is 6.92 Å². The van der Waals surface area contributed by atoms with E-state index < -0.39 is 20.7 Å². The third-order valence-corrected chi connectivity index (χ3v) is 5.89. The Balaban J connectivity index is 2.37. The van der Waals surface area contributed by atoms with E-state index in [9.17, 15) is 12.8 Å². The normalized spacial score (nSPS) is 16.4. The quantitative estimate of drug-likeness (QED) is 0.848. The maximum absolute atomic E-state index is 14.0. The van der Waals surface area contributed by atoms with Gasteiger partial charge in [-0.1, -0.05) is 24.9 Å². The Bertz CT molecular complexity index is 603. The molecule has 1 aromatic rings. The second-order valence-corrected chi connectivity index (χ2v) is 7.38. The lowest BCUT2D eigenvalue weighted by molar-refractivity contribution is 0.249. The summed E-state index contributed by atoms with van der Waals surface area (Å²) in [4.78, 5) is -0.441. The van der Waals surface area contributed by atoms with Gasteiger partial charge in [-0.25, -0.2) is 12.8 Å². The van der Waals surface area contributed by atoms with Gasteiger partial charge in [0, 0.05) is 18.8 Å². The number of hydrogen-bond acceptors (Lipinski definition) is 3. The molecule has 1 aromatic carbocycles. The van der Waals surface area contributed by atoms with E-state index in [0.717, 1.165) is 25.3 Å². The zero-order chi connectivity index (χ0) is 14.9. The first-order valence-corrected chi connectivity index (χ1v) is 8.42. The summed E-state index contributed by atoms with van der Waals surface area (Å²) in [6, 6.07) is 2.33. The molecule has 1 saturated carbocycles. The number of hydrogen-bond donors (Lipinski definition) is 1. The molecular weight excluding hydrogens is 303 g/mol. The third-order valence-electron chi connectivity index (χ3n) is 3.67. The molecule has 0 heterocycles. The molecular formula is C13H18ClFN2O2S. The van der Waals surface area contributed by atoms with Crippen LogP contribution in [-0.2, 0) is 10.0 Å². The smallest absolute Gasteiger partial charge is 0.246 e. The van der Waals surface area contributed by atoms with Crippen LogP contribution < -0.4 is 5.73 Å². The van der Waals surface area contributed by atoms with Crippen molar-refractivity contribution in [3.05, 3.63) is 23.0 Å². The van der Waals surface area contributed by atoms with Gasteiger partial charge in [0.25, 0.3) is 0 Å². The Kier molecular flexibility index (Phi) is 4.56. The molecule has 0 amide bonds. The van der Waals surface area contributed by atoms with Crippen LogP contribution in [0.5, 0.6) is 0 Å². The van der Waals surface area contributed by atoms with Crippen LogP contribution in [0.25, 0.3) is 0 Å². The van der Waals surface area contributed by atoms with Gasteiger partial charge in [0.05, 0.1) is 5.02 Å². The SMILES string of the molecule is CCN(CC1CCC1)S(=O)(=O)c1cc(N)cc(Cl)c1F. The molecule has 0 radical (unpaired) electrons. The maximum Gasteiger partial charge on any atom is 0.246 e. The van der Waals surface area contributed by atoms with E-state index in [1.807, 2.05) is 0 Å². The fourth-order valence-electron chi connectivity index (χ4n) is 2.27. The number of nitrogens with zero attached hydrogens (tertiary/aromatic N) is 1. The average Bonchev–Trinajstić information content (AvgIpc) is 2.32. The maximum atomic E-state index is 14.0. The van der Waals surface area contributed by atoms with E-state index >= 15 is 0 Å². The summed E-state index contributed by atoms with van der Waals surface area (Å²) in [7, 11) is -3.90. The number of rotatable bonds is 5. The van der Waals surface area contributed by atoms with E-state index in [2.05, 4.69) is 0 Å².